The van der Waals surface area contributed by atoms with E-state index in [1.807, 2.05) is 0 Å². The summed E-state index contributed by atoms with van der Waals surface area (Å²) < 4.78 is 0. The maximum atomic E-state index is 11.7. The number of carbonyl (C=O) groups excluding carboxylic acids is 1. The minimum Gasteiger partial charge on any atom is -0.360 e. The molecule has 0 spiro atoms. The number of rotatable bonds is 6. The number of amides is 1. The molecule has 19 heavy (non-hydrogen) atoms. The second kappa shape index (κ2) is 6.69. The molecule has 1 aromatic rings. The molecule has 7 heteroatoms. The van der Waals surface area contributed by atoms with Crippen LogP contribution in [-0.2, 0) is 4.79 Å². The molecule has 0 saturated carbocycles. The first-order valence-electron chi connectivity index (χ1n) is 5.89. The summed E-state index contributed by atoms with van der Waals surface area (Å²) in [6.07, 6.45) is 0. The Morgan fingerprint density at radius 2 is 2.16 bits per heavy atom. The summed E-state index contributed by atoms with van der Waals surface area (Å²) >= 11 is 0. The van der Waals surface area contributed by atoms with Gasteiger partial charge in [-0.2, -0.15) is 0 Å². The van der Waals surface area contributed by atoms with Crippen LogP contribution in [0.15, 0.2) is 24.3 Å². The van der Waals surface area contributed by atoms with Crippen molar-refractivity contribution in [2.45, 2.75) is 13.0 Å². The molecule has 0 radical (unpaired) electrons. The number of benzene rings is 1. The number of hydrogen-bond acceptors (Lipinski definition) is 5. The van der Waals surface area contributed by atoms with Gasteiger partial charge in [0.1, 0.15) is 5.69 Å². The molecular formula is C12H18N4O3. The van der Waals surface area contributed by atoms with Crippen LogP contribution in [0.4, 0.5) is 11.4 Å². The average Bonchev–Trinajstić information content (AvgIpc) is 2.38. The molecule has 0 aliphatic heterocycles. The fourth-order valence-corrected chi connectivity index (χ4v) is 1.62. The van der Waals surface area contributed by atoms with Crippen LogP contribution in [0, 0.1) is 10.1 Å². The first-order chi connectivity index (χ1) is 8.95. The van der Waals surface area contributed by atoms with Gasteiger partial charge in [0.2, 0.25) is 5.91 Å². The van der Waals surface area contributed by atoms with Gasteiger partial charge in [-0.15, -0.1) is 0 Å². The highest BCUT2D eigenvalue weighted by Gasteiger charge is 2.18. The van der Waals surface area contributed by atoms with Crippen LogP contribution in [0.5, 0.6) is 0 Å². The lowest BCUT2D eigenvalue weighted by Crippen LogP contribution is -2.43. The molecule has 7 nitrogen and oxygen atoms in total. The van der Waals surface area contributed by atoms with Crippen molar-refractivity contribution < 1.29 is 9.72 Å². The van der Waals surface area contributed by atoms with Crippen LogP contribution in [-0.4, -0.2) is 37.0 Å². The molecule has 104 valence electrons. The Morgan fingerprint density at radius 3 is 2.74 bits per heavy atom. The van der Waals surface area contributed by atoms with Gasteiger partial charge in [-0.3, -0.25) is 14.9 Å². The Bertz CT molecular complexity index is 464. The van der Waals surface area contributed by atoms with Crippen LogP contribution in [0.1, 0.15) is 6.92 Å². The molecule has 1 amide bonds. The number of nitrogens with one attached hydrogen (secondary N) is 1. The zero-order valence-corrected chi connectivity index (χ0v) is 11.0. The molecule has 0 unspecified atom stereocenters. The predicted octanol–water partition coefficient (Wildman–Crippen LogP) is 0.494. The largest absolute Gasteiger partial charge is 0.360 e. The molecule has 0 fully saturated rings. The molecular weight excluding hydrogens is 248 g/mol. The lowest BCUT2D eigenvalue weighted by atomic mass is 10.2. The minimum absolute atomic E-state index is 0.0235. The third kappa shape index (κ3) is 4.22. The standard InChI is InChI=1S/C12H18N4O3/c1-9(7-13)14-12(17)8-15(2)10-5-3-4-6-11(10)16(18)19/h3-6,9H,7-8,13H2,1-2H3,(H,14,17)/t9-/m0/s1. The van der Waals surface area contributed by atoms with E-state index in [-0.39, 0.29) is 24.2 Å². The number of nitrogens with two attached hydrogens (primary N) is 1. The Kier molecular flexibility index (Phi) is 5.25. The van der Waals surface area contributed by atoms with Crippen LogP contribution >= 0.6 is 0 Å². The van der Waals surface area contributed by atoms with Crippen molar-refractivity contribution in [1.29, 1.82) is 0 Å². The summed E-state index contributed by atoms with van der Waals surface area (Å²) in [7, 11) is 1.63. The second-order valence-electron chi connectivity index (χ2n) is 4.31. The number of para-hydroxylation sites is 2. The number of nitrogens with zero attached hydrogens (tertiary/aromatic N) is 2. The van der Waals surface area contributed by atoms with E-state index in [9.17, 15) is 14.9 Å². The molecule has 0 aromatic heterocycles. The van der Waals surface area contributed by atoms with Gasteiger partial charge in [0.25, 0.3) is 5.69 Å². The van der Waals surface area contributed by atoms with Crippen molar-refractivity contribution in [2.24, 2.45) is 5.73 Å². The summed E-state index contributed by atoms with van der Waals surface area (Å²) in [5.74, 6) is -0.224. The highest BCUT2D eigenvalue weighted by Crippen LogP contribution is 2.26. The molecule has 0 bridgehead atoms. The predicted molar refractivity (Wildman–Crippen MR) is 73.0 cm³/mol. The van der Waals surface area contributed by atoms with Crippen molar-refractivity contribution in [1.82, 2.24) is 5.32 Å². The van der Waals surface area contributed by atoms with Gasteiger partial charge in [-0.25, -0.2) is 0 Å². The summed E-state index contributed by atoms with van der Waals surface area (Å²) in [5, 5.41) is 13.6. The lowest BCUT2D eigenvalue weighted by molar-refractivity contribution is -0.384. The number of likely N-dealkylation sites (N-methyl/N-ethyl adjacent to an activating group) is 1. The van der Waals surface area contributed by atoms with E-state index < -0.39 is 4.92 Å². The topological polar surface area (TPSA) is 102 Å². The number of nitro benzene ring substituents is 1. The van der Waals surface area contributed by atoms with E-state index in [1.54, 1.807) is 32.2 Å². The van der Waals surface area contributed by atoms with Crippen molar-refractivity contribution >= 4 is 17.3 Å². The van der Waals surface area contributed by atoms with Gasteiger partial charge in [-0.1, -0.05) is 12.1 Å². The van der Waals surface area contributed by atoms with Crippen molar-refractivity contribution in [3.8, 4) is 0 Å². The second-order valence-corrected chi connectivity index (χ2v) is 4.31. The van der Waals surface area contributed by atoms with E-state index >= 15 is 0 Å². The molecule has 3 N–H and O–H groups in total. The van der Waals surface area contributed by atoms with E-state index in [2.05, 4.69) is 5.32 Å². The van der Waals surface area contributed by atoms with Gasteiger partial charge in [-0.05, 0) is 13.0 Å². The lowest BCUT2D eigenvalue weighted by Gasteiger charge is -2.20. The van der Waals surface area contributed by atoms with E-state index in [0.717, 1.165) is 0 Å². The van der Waals surface area contributed by atoms with Crippen molar-refractivity contribution in [3.05, 3.63) is 34.4 Å². The molecule has 0 saturated heterocycles. The maximum Gasteiger partial charge on any atom is 0.292 e. The summed E-state index contributed by atoms with van der Waals surface area (Å²) in [6.45, 7) is 2.18. The molecule has 0 aliphatic carbocycles. The van der Waals surface area contributed by atoms with Gasteiger partial charge < -0.3 is 16.0 Å². The maximum absolute atomic E-state index is 11.7. The number of nitro groups is 1. The van der Waals surface area contributed by atoms with Crippen LogP contribution < -0.4 is 16.0 Å². The molecule has 1 rings (SSSR count). The SMILES string of the molecule is C[C@@H](CN)NC(=O)CN(C)c1ccccc1[N+](=O)[O-]. The highest BCUT2D eigenvalue weighted by atomic mass is 16.6. The van der Waals surface area contributed by atoms with Crippen LogP contribution in [0.2, 0.25) is 0 Å². The fraction of sp³-hybridized carbons (Fsp3) is 0.417. The Balaban J connectivity index is 2.76. The first kappa shape index (κ1) is 14.9. The molecule has 1 atom stereocenters. The monoisotopic (exact) mass is 266 g/mol. The summed E-state index contributed by atoms with van der Waals surface area (Å²) in [4.78, 5) is 23.7. The van der Waals surface area contributed by atoms with Gasteiger partial charge in [0, 0.05) is 25.7 Å². The van der Waals surface area contributed by atoms with Crippen LogP contribution in [0.25, 0.3) is 0 Å². The van der Waals surface area contributed by atoms with E-state index in [1.165, 1.54) is 11.0 Å². The smallest absolute Gasteiger partial charge is 0.292 e. The first-order valence-corrected chi connectivity index (χ1v) is 5.89. The number of carbonyl (C=O) groups is 1. The zero-order chi connectivity index (χ0) is 14.4. The third-order valence-electron chi connectivity index (χ3n) is 2.63. The normalized spacial score (nSPS) is 11.7. The van der Waals surface area contributed by atoms with Gasteiger partial charge >= 0.3 is 0 Å². The molecule has 0 aliphatic rings. The Hall–Kier alpha value is -2.15. The molecule has 1 aromatic carbocycles. The molecule has 0 heterocycles. The van der Waals surface area contributed by atoms with Gasteiger partial charge in [0.15, 0.2) is 0 Å². The quantitative estimate of drug-likeness (QED) is 0.576. The van der Waals surface area contributed by atoms with E-state index in [0.29, 0.717) is 12.2 Å². The van der Waals surface area contributed by atoms with Gasteiger partial charge in [0.05, 0.1) is 11.5 Å². The van der Waals surface area contributed by atoms with E-state index in [4.69, 9.17) is 5.73 Å². The highest BCUT2D eigenvalue weighted by molar-refractivity contribution is 5.82. The fourth-order valence-electron chi connectivity index (χ4n) is 1.62. The average molecular weight is 266 g/mol. The van der Waals surface area contributed by atoms with Crippen molar-refractivity contribution in [3.63, 3.8) is 0 Å². The van der Waals surface area contributed by atoms with Crippen LogP contribution in [0.3, 0.4) is 0 Å². The third-order valence-corrected chi connectivity index (χ3v) is 2.63. The zero-order valence-electron chi connectivity index (χ0n) is 11.0. The van der Waals surface area contributed by atoms with Crippen molar-refractivity contribution in [2.75, 3.05) is 25.0 Å². The Morgan fingerprint density at radius 1 is 1.53 bits per heavy atom. The summed E-state index contributed by atoms with van der Waals surface area (Å²) in [5.41, 5.74) is 5.79. The number of anilines is 1. The minimum atomic E-state index is -0.466. The Labute approximate surface area is 111 Å². The number of hydrogen-bond donors (Lipinski definition) is 2. The summed E-state index contributed by atoms with van der Waals surface area (Å²) in [6, 6.07) is 6.18.